The molecule has 31 heavy (non-hydrogen) atoms. The molecule has 1 aliphatic rings. The van der Waals surface area contributed by atoms with Crippen molar-refractivity contribution in [2.75, 3.05) is 46.1 Å². The van der Waals surface area contributed by atoms with Crippen molar-refractivity contribution in [3.05, 3.63) is 65.2 Å². The summed E-state index contributed by atoms with van der Waals surface area (Å²) in [7, 11) is 5.44. The maximum atomic E-state index is 13.3. The third-order valence-electron chi connectivity index (χ3n) is 5.81. The van der Waals surface area contributed by atoms with E-state index in [-0.39, 0.29) is 24.9 Å². The van der Waals surface area contributed by atoms with Crippen LogP contribution in [0.15, 0.2) is 48.5 Å². The summed E-state index contributed by atoms with van der Waals surface area (Å²) in [5.74, 6) is -0.294. The number of nitrogens with one attached hydrogen (secondary N) is 2. The highest BCUT2D eigenvalue weighted by Gasteiger charge is 2.46. The van der Waals surface area contributed by atoms with E-state index in [0.717, 1.165) is 16.8 Å². The molecule has 0 saturated carbocycles. The van der Waals surface area contributed by atoms with Gasteiger partial charge < -0.3 is 25.5 Å². The van der Waals surface area contributed by atoms with E-state index in [1.165, 1.54) is 0 Å². The minimum absolute atomic E-state index is 0.131. The largest absolute Gasteiger partial charge is 0.388 e. The first-order valence-electron chi connectivity index (χ1n) is 10.5. The molecule has 2 aromatic rings. The smallest absolute Gasteiger partial charge is 0.256 e. The zero-order valence-electron chi connectivity index (χ0n) is 18.7. The normalized spacial score (nSPS) is 21.1. The molecule has 1 aliphatic heterocycles. The van der Waals surface area contributed by atoms with Gasteiger partial charge in [-0.05, 0) is 45.1 Å². The molecule has 3 rings (SSSR count). The van der Waals surface area contributed by atoms with Gasteiger partial charge in [-0.1, -0.05) is 42.0 Å². The summed E-state index contributed by atoms with van der Waals surface area (Å²) in [4.78, 5) is 29.4. The van der Waals surface area contributed by atoms with Crippen LogP contribution in [0.1, 0.15) is 27.9 Å². The fourth-order valence-corrected chi connectivity index (χ4v) is 4.21. The Hall–Kier alpha value is -2.90. The molecular weight excluding hydrogens is 392 g/mol. The van der Waals surface area contributed by atoms with E-state index in [1.807, 2.05) is 69.6 Å². The number of likely N-dealkylation sites (tertiary alicyclic amines) is 1. The Kier molecular flexibility index (Phi) is 6.97. The fourth-order valence-electron chi connectivity index (χ4n) is 4.21. The lowest BCUT2D eigenvalue weighted by atomic mass is 9.78. The molecule has 3 N–H and O–H groups in total. The van der Waals surface area contributed by atoms with Crippen LogP contribution in [0.25, 0.3) is 0 Å². The molecule has 0 aromatic heterocycles. The van der Waals surface area contributed by atoms with E-state index >= 15 is 0 Å². The molecule has 2 atom stereocenters. The lowest BCUT2D eigenvalue weighted by Gasteiger charge is -2.46. The van der Waals surface area contributed by atoms with Crippen LogP contribution >= 0.6 is 0 Å². The predicted molar refractivity (Wildman–Crippen MR) is 122 cm³/mol. The summed E-state index contributed by atoms with van der Waals surface area (Å²) in [5, 5.41) is 17.4. The molecular formula is C24H32N4O3. The molecule has 1 fully saturated rings. The number of aliphatic hydroxyl groups excluding tert-OH is 1. The third kappa shape index (κ3) is 4.89. The van der Waals surface area contributed by atoms with Crippen molar-refractivity contribution < 1.29 is 14.7 Å². The first-order valence-corrected chi connectivity index (χ1v) is 10.5. The van der Waals surface area contributed by atoms with Gasteiger partial charge in [0.2, 0.25) is 5.91 Å². The number of aliphatic hydroxyl groups is 1. The van der Waals surface area contributed by atoms with Crippen LogP contribution in [-0.2, 0) is 10.3 Å². The Bertz CT molecular complexity index is 932. The van der Waals surface area contributed by atoms with Gasteiger partial charge in [0, 0.05) is 25.8 Å². The van der Waals surface area contributed by atoms with Gasteiger partial charge in [0.15, 0.2) is 0 Å². The van der Waals surface area contributed by atoms with Crippen LogP contribution in [0.5, 0.6) is 0 Å². The standard InChI is InChI=1S/C24H32N4O3/c1-17-10-11-20(25-2)19(14-17)23(31)28-13-12-24(21(29)15-28,18-8-6-5-7-9-18)26-22(30)16-27(3)4/h5-11,14,21,25,29H,12-13,15-16H2,1-4H3,(H,26,30)/t21-,24+/m1/s1. The molecule has 7 heteroatoms. The van der Waals surface area contributed by atoms with Gasteiger partial charge in [-0.3, -0.25) is 9.59 Å². The minimum Gasteiger partial charge on any atom is -0.388 e. The van der Waals surface area contributed by atoms with Gasteiger partial charge in [0.25, 0.3) is 5.91 Å². The maximum absolute atomic E-state index is 13.3. The van der Waals surface area contributed by atoms with Gasteiger partial charge in [-0.2, -0.15) is 0 Å². The van der Waals surface area contributed by atoms with Crippen LogP contribution in [0, 0.1) is 6.92 Å². The summed E-state index contributed by atoms with van der Waals surface area (Å²) in [6.07, 6.45) is -0.523. The summed E-state index contributed by atoms with van der Waals surface area (Å²) >= 11 is 0. The first-order chi connectivity index (χ1) is 14.8. The molecule has 0 radical (unpaired) electrons. The number of aryl methyl sites for hydroxylation is 1. The van der Waals surface area contributed by atoms with Crippen LogP contribution in [0.4, 0.5) is 5.69 Å². The zero-order chi connectivity index (χ0) is 22.6. The van der Waals surface area contributed by atoms with Crippen LogP contribution in [-0.4, -0.2) is 73.6 Å². The van der Waals surface area contributed by atoms with Crippen molar-refractivity contribution >= 4 is 17.5 Å². The Labute approximate surface area is 184 Å². The van der Waals surface area contributed by atoms with Gasteiger partial charge in [0.05, 0.1) is 23.8 Å². The average Bonchev–Trinajstić information content (AvgIpc) is 2.74. The number of β-amino-alcohol motifs (C(OH)–C–C–N with tert-alkyl or cyclic N) is 1. The SMILES string of the molecule is CNc1ccc(C)cc1C(=O)N1CC[C@](NC(=O)CN(C)C)(c2ccccc2)[C@H](O)C1. The number of anilines is 1. The molecule has 0 unspecified atom stereocenters. The maximum Gasteiger partial charge on any atom is 0.256 e. The van der Waals surface area contributed by atoms with Crippen LogP contribution in [0.2, 0.25) is 0 Å². The number of nitrogens with zero attached hydrogens (tertiary/aromatic N) is 2. The van der Waals surface area contributed by atoms with Crippen molar-refractivity contribution in [2.45, 2.75) is 25.0 Å². The summed E-state index contributed by atoms with van der Waals surface area (Å²) in [6, 6.07) is 15.2. The summed E-state index contributed by atoms with van der Waals surface area (Å²) < 4.78 is 0. The Morgan fingerprint density at radius 2 is 1.90 bits per heavy atom. The quantitative estimate of drug-likeness (QED) is 0.659. The molecule has 166 valence electrons. The second-order valence-corrected chi connectivity index (χ2v) is 8.44. The zero-order valence-corrected chi connectivity index (χ0v) is 18.7. The number of rotatable bonds is 6. The van der Waals surface area contributed by atoms with Gasteiger partial charge in [-0.15, -0.1) is 0 Å². The lowest BCUT2D eigenvalue weighted by Crippen LogP contribution is -2.63. The number of carbonyl (C=O) groups excluding carboxylic acids is 2. The molecule has 2 amide bonds. The van der Waals surface area contributed by atoms with Gasteiger partial charge in [0.1, 0.15) is 0 Å². The fraction of sp³-hybridized carbons (Fsp3) is 0.417. The number of hydrogen-bond acceptors (Lipinski definition) is 5. The Morgan fingerprint density at radius 3 is 2.52 bits per heavy atom. The number of likely N-dealkylation sites (N-methyl/N-ethyl adjacent to an activating group) is 1. The Morgan fingerprint density at radius 1 is 1.19 bits per heavy atom. The number of benzene rings is 2. The van der Waals surface area contributed by atoms with E-state index in [0.29, 0.717) is 18.5 Å². The highest BCUT2D eigenvalue weighted by molar-refractivity contribution is 6.00. The van der Waals surface area contributed by atoms with Crippen LogP contribution < -0.4 is 10.6 Å². The van der Waals surface area contributed by atoms with Gasteiger partial charge >= 0.3 is 0 Å². The monoisotopic (exact) mass is 424 g/mol. The predicted octanol–water partition coefficient (Wildman–Crippen LogP) is 1.82. The van der Waals surface area contributed by atoms with E-state index in [1.54, 1.807) is 16.8 Å². The average molecular weight is 425 g/mol. The topological polar surface area (TPSA) is 84.9 Å². The van der Waals surface area contributed by atoms with Gasteiger partial charge in [-0.25, -0.2) is 0 Å². The lowest BCUT2D eigenvalue weighted by molar-refractivity contribution is -0.127. The second-order valence-electron chi connectivity index (χ2n) is 8.44. The Balaban J connectivity index is 1.87. The summed E-state index contributed by atoms with van der Waals surface area (Å²) in [5.41, 5.74) is 2.23. The molecule has 2 aromatic carbocycles. The van der Waals surface area contributed by atoms with E-state index in [2.05, 4.69) is 10.6 Å². The van der Waals surface area contributed by atoms with Crippen molar-refractivity contribution in [3.63, 3.8) is 0 Å². The molecule has 0 bridgehead atoms. The van der Waals surface area contributed by atoms with Crippen LogP contribution in [0.3, 0.4) is 0 Å². The number of carbonyl (C=O) groups is 2. The molecule has 1 heterocycles. The highest BCUT2D eigenvalue weighted by Crippen LogP contribution is 2.34. The first kappa shape index (κ1) is 22.8. The third-order valence-corrected chi connectivity index (χ3v) is 5.81. The summed E-state index contributed by atoms with van der Waals surface area (Å²) in [6.45, 7) is 2.72. The van der Waals surface area contributed by atoms with E-state index in [4.69, 9.17) is 0 Å². The molecule has 7 nitrogen and oxygen atoms in total. The highest BCUT2D eigenvalue weighted by atomic mass is 16.3. The second kappa shape index (κ2) is 9.49. The van der Waals surface area contributed by atoms with Crippen molar-refractivity contribution in [3.8, 4) is 0 Å². The van der Waals surface area contributed by atoms with Crippen molar-refractivity contribution in [1.82, 2.24) is 15.1 Å². The number of amides is 2. The number of piperidine rings is 1. The molecule has 0 spiro atoms. The minimum atomic E-state index is -0.943. The van der Waals surface area contributed by atoms with E-state index < -0.39 is 11.6 Å². The number of hydrogen-bond donors (Lipinski definition) is 3. The van der Waals surface area contributed by atoms with Crippen molar-refractivity contribution in [1.29, 1.82) is 0 Å². The van der Waals surface area contributed by atoms with Crippen molar-refractivity contribution in [2.24, 2.45) is 0 Å². The van der Waals surface area contributed by atoms with E-state index in [9.17, 15) is 14.7 Å². The molecule has 1 saturated heterocycles. The molecule has 0 aliphatic carbocycles.